The summed E-state index contributed by atoms with van der Waals surface area (Å²) in [5.41, 5.74) is 0. The summed E-state index contributed by atoms with van der Waals surface area (Å²) in [6, 6.07) is 0. The first kappa shape index (κ1) is 15.0. The molecular formula is C8H13LiO4. The first-order chi connectivity index (χ1) is 5.72. The van der Waals surface area contributed by atoms with Crippen LogP contribution in [0.25, 0.3) is 0 Å². The van der Waals surface area contributed by atoms with Crippen LogP contribution < -0.4 is 0 Å². The summed E-state index contributed by atoms with van der Waals surface area (Å²) in [4.78, 5) is 10.4. The SMILES string of the molecule is C=CCOC(OCC=C)C(=O)O.[LiH]. The van der Waals surface area contributed by atoms with Crippen molar-refractivity contribution >= 4 is 24.8 Å². The van der Waals surface area contributed by atoms with E-state index in [2.05, 4.69) is 13.2 Å². The Hall–Kier alpha value is -0.533. The van der Waals surface area contributed by atoms with Crippen LogP contribution in [0, 0.1) is 0 Å². The first-order valence-electron chi connectivity index (χ1n) is 3.40. The molecule has 0 aliphatic carbocycles. The molecule has 0 aromatic rings. The van der Waals surface area contributed by atoms with Crippen molar-refractivity contribution < 1.29 is 19.4 Å². The molecule has 1 N–H and O–H groups in total. The van der Waals surface area contributed by atoms with Crippen molar-refractivity contribution in [1.82, 2.24) is 0 Å². The molecule has 0 rings (SSSR count). The second-order valence-electron chi connectivity index (χ2n) is 1.91. The van der Waals surface area contributed by atoms with Crippen LogP contribution in [0.3, 0.4) is 0 Å². The van der Waals surface area contributed by atoms with E-state index < -0.39 is 12.3 Å². The molecule has 0 radical (unpaired) electrons. The summed E-state index contributed by atoms with van der Waals surface area (Å²) < 4.78 is 9.53. The van der Waals surface area contributed by atoms with Gasteiger partial charge in [0.15, 0.2) is 0 Å². The van der Waals surface area contributed by atoms with Crippen LogP contribution in [-0.4, -0.2) is 49.4 Å². The number of hydrogen-bond acceptors (Lipinski definition) is 3. The third-order valence-corrected chi connectivity index (χ3v) is 0.933. The molecule has 0 fully saturated rings. The number of carbonyl (C=O) groups is 1. The Morgan fingerprint density at radius 1 is 1.31 bits per heavy atom. The molecule has 13 heavy (non-hydrogen) atoms. The fraction of sp³-hybridized carbons (Fsp3) is 0.375. The normalized spacial score (nSPS) is 9.00. The first-order valence-corrected chi connectivity index (χ1v) is 3.40. The Bertz CT molecular complexity index is 158. The Morgan fingerprint density at radius 3 is 1.92 bits per heavy atom. The van der Waals surface area contributed by atoms with Crippen LogP contribution >= 0.6 is 0 Å². The van der Waals surface area contributed by atoms with E-state index in [9.17, 15) is 4.79 Å². The van der Waals surface area contributed by atoms with Gasteiger partial charge in [0, 0.05) is 0 Å². The van der Waals surface area contributed by atoms with Crippen molar-refractivity contribution in [2.45, 2.75) is 6.29 Å². The fourth-order valence-corrected chi connectivity index (χ4v) is 0.502. The van der Waals surface area contributed by atoms with Crippen LogP contribution in [-0.2, 0) is 14.3 Å². The van der Waals surface area contributed by atoms with Crippen LogP contribution in [0.15, 0.2) is 25.3 Å². The molecule has 0 heterocycles. The summed E-state index contributed by atoms with van der Waals surface area (Å²) in [6.45, 7) is 7.05. The van der Waals surface area contributed by atoms with Gasteiger partial charge in [-0.3, -0.25) is 0 Å². The Balaban J connectivity index is 0. The van der Waals surface area contributed by atoms with E-state index in [0.29, 0.717) is 0 Å². The molecule has 0 atom stereocenters. The van der Waals surface area contributed by atoms with Gasteiger partial charge in [-0.2, -0.15) is 0 Å². The molecule has 4 nitrogen and oxygen atoms in total. The molecule has 0 aliphatic rings. The molecule has 0 amide bonds. The molecule has 0 aromatic carbocycles. The van der Waals surface area contributed by atoms with E-state index in [1.165, 1.54) is 12.2 Å². The van der Waals surface area contributed by atoms with Gasteiger partial charge in [-0.15, -0.1) is 13.2 Å². The fourth-order valence-electron chi connectivity index (χ4n) is 0.502. The number of carboxylic acids is 1. The van der Waals surface area contributed by atoms with E-state index >= 15 is 0 Å². The number of carboxylic acid groups (broad SMARTS) is 1. The third-order valence-electron chi connectivity index (χ3n) is 0.933. The predicted octanol–water partition coefficient (Wildman–Crippen LogP) is 0.154. The number of aliphatic carboxylic acids is 1. The molecular weight excluding hydrogens is 167 g/mol. The number of hydrogen-bond donors (Lipinski definition) is 1. The van der Waals surface area contributed by atoms with Gasteiger partial charge in [-0.25, -0.2) is 4.79 Å². The van der Waals surface area contributed by atoms with Crippen LogP contribution in [0.2, 0.25) is 0 Å². The molecule has 0 saturated carbocycles. The van der Waals surface area contributed by atoms with Gasteiger partial charge in [0.1, 0.15) is 0 Å². The zero-order chi connectivity index (χ0) is 9.40. The van der Waals surface area contributed by atoms with Crippen molar-refractivity contribution in [3.8, 4) is 0 Å². The number of rotatable bonds is 7. The topological polar surface area (TPSA) is 55.8 Å². The maximum atomic E-state index is 10.4. The molecule has 0 bridgehead atoms. The zero-order valence-corrected chi connectivity index (χ0v) is 6.73. The minimum atomic E-state index is -1.24. The van der Waals surface area contributed by atoms with E-state index in [1.54, 1.807) is 0 Å². The average molecular weight is 180 g/mol. The molecule has 0 saturated heterocycles. The van der Waals surface area contributed by atoms with Gasteiger partial charge >= 0.3 is 24.8 Å². The average Bonchev–Trinajstić information content (AvgIpc) is 2.04. The van der Waals surface area contributed by atoms with Gasteiger partial charge in [-0.1, -0.05) is 12.2 Å². The molecule has 0 aromatic heterocycles. The zero-order valence-electron chi connectivity index (χ0n) is 6.73. The summed E-state index contributed by atoms with van der Waals surface area (Å²) in [5, 5.41) is 8.51. The van der Waals surface area contributed by atoms with Crippen molar-refractivity contribution in [3.05, 3.63) is 25.3 Å². The third kappa shape index (κ3) is 7.82. The summed E-state index contributed by atoms with van der Waals surface area (Å²) in [7, 11) is 0. The van der Waals surface area contributed by atoms with Gasteiger partial charge in [0.25, 0.3) is 6.29 Å². The molecule has 0 spiro atoms. The molecule has 0 unspecified atom stereocenters. The van der Waals surface area contributed by atoms with Gasteiger partial charge in [-0.05, 0) is 0 Å². The van der Waals surface area contributed by atoms with Gasteiger partial charge in [0.2, 0.25) is 0 Å². The second-order valence-corrected chi connectivity index (χ2v) is 1.91. The molecule has 0 aliphatic heterocycles. The van der Waals surface area contributed by atoms with Crippen molar-refractivity contribution in [3.63, 3.8) is 0 Å². The van der Waals surface area contributed by atoms with Crippen molar-refractivity contribution in [2.75, 3.05) is 13.2 Å². The second kappa shape index (κ2) is 9.55. The Labute approximate surface area is 89.4 Å². The number of ether oxygens (including phenoxy) is 2. The van der Waals surface area contributed by atoms with E-state index in [4.69, 9.17) is 14.6 Å². The predicted molar refractivity (Wildman–Crippen MR) is 50.9 cm³/mol. The maximum absolute atomic E-state index is 10.4. The summed E-state index contributed by atoms with van der Waals surface area (Å²) in [6.07, 6.45) is 1.67. The molecule has 70 valence electrons. The summed E-state index contributed by atoms with van der Waals surface area (Å²) in [5.74, 6) is -1.15. The van der Waals surface area contributed by atoms with Crippen LogP contribution in [0.5, 0.6) is 0 Å². The monoisotopic (exact) mass is 180 g/mol. The van der Waals surface area contributed by atoms with Crippen LogP contribution in [0.4, 0.5) is 0 Å². The van der Waals surface area contributed by atoms with Gasteiger partial charge in [0.05, 0.1) is 13.2 Å². The molecule has 5 heteroatoms. The van der Waals surface area contributed by atoms with Crippen molar-refractivity contribution in [1.29, 1.82) is 0 Å². The van der Waals surface area contributed by atoms with Crippen molar-refractivity contribution in [2.24, 2.45) is 0 Å². The van der Waals surface area contributed by atoms with E-state index in [-0.39, 0.29) is 32.1 Å². The standard InChI is InChI=1S/C8H12O4.Li.H/c1-3-5-11-8(7(9)10)12-6-4-2;;/h3-4,8H,1-2,5-6H2,(H,9,10);;. The Morgan fingerprint density at radius 2 is 1.69 bits per heavy atom. The van der Waals surface area contributed by atoms with E-state index in [1.807, 2.05) is 0 Å². The minimum absolute atomic E-state index is 0. The van der Waals surface area contributed by atoms with Gasteiger partial charge < -0.3 is 14.6 Å². The summed E-state index contributed by atoms with van der Waals surface area (Å²) >= 11 is 0. The quantitative estimate of drug-likeness (QED) is 0.344. The van der Waals surface area contributed by atoms with E-state index in [0.717, 1.165) is 0 Å². The van der Waals surface area contributed by atoms with Crippen LogP contribution in [0.1, 0.15) is 0 Å². The Kier molecular flexibility index (Phi) is 11.0.